The molecule has 1 atom stereocenters. The second kappa shape index (κ2) is 10.8. The summed E-state index contributed by atoms with van der Waals surface area (Å²) in [5.41, 5.74) is 1.84. The van der Waals surface area contributed by atoms with E-state index in [4.69, 9.17) is 16.7 Å². The molecule has 0 spiro atoms. The highest BCUT2D eigenvalue weighted by Crippen LogP contribution is 2.28. The molecule has 8 heteroatoms. The lowest BCUT2D eigenvalue weighted by molar-refractivity contribution is -0.116. The van der Waals surface area contributed by atoms with Gasteiger partial charge in [-0.15, -0.1) is 11.8 Å². The summed E-state index contributed by atoms with van der Waals surface area (Å²) in [6, 6.07) is 20.8. The van der Waals surface area contributed by atoms with Crippen LogP contribution in [0, 0.1) is 0 Å². The number of nitrogens with one attached hydrogen (secondary N) is 2. The van der Waals surface area contributed by atoms with E-state index >= 15 is 0 Å². The van der Waals surface area contributed by atoms with Crippen molar-refractivity contribution in [2.24, 2.45) is 0 Å². The van der Waals surface area contributed by atoms with Gasteiger partial charge >= 0.3 is 5.97 Å². The number of benzene rings is 3. The molecule has 0 saturated heterocycles. The Hall–Kier alpha value is -3.29. The quantitative estimate of drug-likeness (QED) is 0.388. The molecule has 1 unspecified atom stereocenters. The molecule has 0 bridgehead atoms. The first-order chi connectivity index (χ1) is 15.3. The number of aromatic carboxylic acids is 1. The van der Waals surface area contributed by atoms with Crippen molar-refractivity contribution in [3.8, 4) is 0 Å². The first kappa shape index (κ1) is 23.4. The molecule has 0 aliphatic rings. The van der Waals surface area contributed by atoms with Gasteiger partial charge in [0, 0.05) is 10.6 Å². The lowest BCUT2D eigenvalue weighted by Gasteiger charge is -2.14. The van der Waals surface area contributed by atoms with Crippen molar-refractivity contribution in [1.82, 2.24) is 0 Å². The number of hydrogen-bond acceptors (Lipinski definition) is 4. The smallest absolute Gasteiger partial charge is 0.335 e. The number of hydrogen-bond donors (Lipinski definition) is 3. The van der Waals surface area contributed by atoms with E-state index in [9.17, 15) is 14.4 Å². The lowest BCUT2D eigenvalue weighted by atomic mass is 10.1. The average Bonchev–Trinajstić information content (AvgIpc) is 2.76. The predicted octanol–water partition coefficient (Wildman–Crippen LogP) is 5.34. The van der Waals surface area contributed by atoms with Gasteiger partial charge in [0.2, 0.25) is 11.8 Å². The van der Waals surface area contributed by atoms with Crippen LogP contribution in [-0.4, -0.2) is 28.1 Å². The predicted molar refractivity (Wildman–Crippen MR) is 128 cm³/mol. The van der Waals surface area contributed by atoms with Crippen molar-refractivity contribution in [2.75, 3.05) is 10.6 Å². The summed E-state index contributed by atoms with van der Waals surface area (Å²) in [6.07, 6.45) is 0.271. The fourth-order valence-corrected chi connectivity index (χ4v) is 3.97. The van der Waals surface area contributed by atoms with E-state index in [-0.39, 0.29) is 34.5 Å². The molecule has 164 valence electrons. The number of anilines is 2. The average molecular weight is 469 g/mol. The first-order valence-corrected chi connectivity index (χ1v) is 11.0. The van der Waals surface area contributed by atoms with Crippen LogP contribution in [0.1, 0.15) is 22.8 Å². The van der Waals surface area contributed by atoms with Gasteiger partial charge in [-0.2, -0.15) is 0 Å². The fourth-order valence-electron chi connectivity index (χ4n) is 2.88. The Morgan fingerprint density at radius 3 is 2.44 bits per heavy atom. The van der Waals surface area contributed by atoms with Crippen LogP contribution in [0.5, 0.6) is 0 Å². The fraction of sp³-hybridized carbons (Fsp3) is 0.125. The van der Waals surface area contributed by atoms with Gasteiger partial charge in [-0.1, -0.05) is 48.0 Å². The number of thioether (sulfide) groups is 1. The van der Waals surface area contributed by atoms with Gasteiger partial charge in [-0.3, -0.25) is 9.59 Å². The summed E-state index contributed by atoms with van der Waals surface area (Å²) in [5, 5.41) is 14.4. The molecule has 0 aliphatic carbocycles. The van der Waals surface area contributed by atoms with Crippen molar-refractivity contribution in [1.29, 1.82) is 0 Å². The SMILES string of the molecule is CC(Sc1cccc(NC(=O)Cc2ccccc2)c1)C(=O)Nc1cc(C(=O)O)ccc1Cl. The molecule has 3 aromatic rings. The zero-order valence-electron chi connectivity index (χ0n) is 17.2. The normalized spacial score (nSPS) is 11.4. The van der Waals surface area contributed by atoms with E-state index in [1.165, 1.54) is 30.0 Å². The van der Waals surface area contributed by atoms with Gasteiger partial charge in [0.25, 0.3) is 0 Å². The Bertz CT molecular complexity index is 1140. The number of halogens is 1. The summed E-state index contributed by atoms with van der Waals surface area (Å²) < 4.78 is 0. The van der Waals surface area contributed by atoms with Gasteiger partial charge in [-0.25, -0.2) is 4.79 Å². The lowest BCUT2D eigenvalue weighted by Crippen LogP contribution is -2.22. The van der Waals surface area contributed by atoms with Crippen LogP contribution >= 0.6 is 23.4 Å². The molecule has 0 heterocycles. The molecule has 32 heavy (non-hydrogen) atoms. The van der Waals surface area contributed by atoms with E-state index in [0.29, 0.717) is 5.69 Å². The second-order valence-corrected chi connectivity index (χ2v) is 8.81. The zero-order valence-corrected chi connectivity index (χ0v) is 18.7. The number of carboxylic acid groups (broad SMARTS) is 1. The van der Waals surface area contributed by atoms with E-state index < -0.39 is 11.2 Å². The van der Waals surface area contributed by atoms with E-state index in [1.807, 2.05) is 36.4 Å². The van der Waals surface area contributed by atoms with Crippen molar-refractivity contribution in [3.63, 3.8) is 0 Å². The Morgan fingerprint density at radius 2 is 1.72 bits per heavy atom. The minimum atomic E-state index is -1.11. The van der Waals surface area contributed by atoms with Crippen molar-refractivity contribution >= 4 is 52.5 Å². The van der Waals surface area contributed by atoms with E-state index in [0.717, 1.165) is 10.5 Å². The third kappa shape index (κ3) is 6.60. The number of carbonyl (C=O) groups excluding carboxylic acids is 2. The van der Waals surface area contributed by atoms with Crippen LogP contribution in [0.4, 0.5) is 11.4 Å². The van der Waals surface area contributed by atoms with Crippen LogP contribution < -0.4 is 10.6 Å². The molecule has 3 aromatic carbocycles. The molecule has 0 fully saturated rings. The molecule has 2 amide bonds. The number of carboxylic acids is 1. The van der Waals surface area contributed by atoms with Crippen LogP contribution in [0.25, 0.3) is 0 Å². The largest absolute Gasteiger partial charge is 0.478 e. The summed E-state index contributed by atoms with van der Waals surface area (Å²) >= 11 is 7.39. The standard InChI is InChI=1S/C24H21ClN2O4S/c1-15(23(29)27-21-13-17(24(30)31)10-11-20(21)25)32-19-9-5-8-18(14-19)26-22(28)12-16-6-3-2-4-7-16/h2-11,13-15H,12H2,1H3,(H,26,28)(H,27,29)(H,30,31). The summed E-state index contributed by atoms with van der Waals surface area (Å²) in [5.74, 6) is -1.55. The monoisotopic (exact) mass is 468 g/mol. The minimum absolute atomic E-state index is 0.0314. The van der Waals surface area contributed by atoms with Crippen LogP contribution in [0.15, 0.2) is 77.7 Å². The maximum absolute atomic E-state index is 12.6. The van der Waals surface area contributed by atoms with Gasteiger partial charge < -0.3 is 15.7 Å². The molecule has 0 radical (unpaired) electrons. The van der Waals surface area contributed by atoms with Crippen molar-refractivity contribution in [3.05, 3.63) is 88.9 Å². The van der Waals surface area contributed by atoms with Gasteiger partial charge in [0.05, 0.1) is 27.9 Å². The van der Waals surface area contributed by atoms with Crippen LogP contribution in [0.3, 0.4) is 0 Å². The van der Waals surface area contributed by atoms with E-state index in [2.05, 4.69) is 10.6 Å². The van der Waals surface area contributed by atoms with Crippen LogP contribution in [0.2, 0.25) is 5.02 Å². The highest BCUT2D eigenvalue weighted by Gasteiger charge is 2.17. The van der Waals surface area contributed by atoms with E-state index in [1.54, 1.807) is 25.1 Å². The minimum Gasteiger partial charge on any atom is -0.478 e. The number of carbonyl (C=O) groups is 3. The topological polar surface area (TPSA) is 95.5 Å². The zero-order chi connectivity index (χ0) is 23.1. The number of amides is 2. The molecule has 0 aromatic heterocycles. The Labute approximate surface area is 195 Å². The van der Waals surface area contributed by atoms with Gasteiger partial charge in [0.1, 0.15) is 0 Å². The van der Waals surface area contributed by atoms with Crippen molar-refractivity contribution < 1.29 is 19.5 Å². The Balaban J connectivity index is 1.61. The second-order valence-electron chi connectivity index (χ2n) is 6.99. The molecular formula is C24H21ClN2O4S. The maximum Gasteiger partial charge on any atom is 0.335 e. The molecule has 3 N–H and O–H groups in total. The summed E-state index contributed by atoms with van der Waals surface area (Å²) in [7, 11) is 0. The molecular weight excluding hydrogens is 448 g/mol. The summed E-state index contributed by atoms with van der Waals surface area (Å²) in [4.78, 5) is 36.9. The highest BCUT2D eigenvalue weighted by atomic mass is 35.5. The third-order valence-electron chi connectivity index (χ3n) is 4.48. The van der Waals surface area contributed by atoms with Crippen molar-refractivity contribution in [2.45, 2.75) is 23.5 Å². The summed E-state index contributed by atoms with van der Waals surface area (Å²) in [6.45, 7) is 1.73. The third-order valence-corrected chi connectivity index (χ3v) is 5.90. The van der Waals surface area contributed by atoms with Gasteiger partial charge in [-0.05, 0) is 48.9 Å². The molecule has 0 aliphatic heterocycles. The number of rotatable bonds is 8. The van der Waals surface area contributed by atoms with Crippen LogP contribution in [-0.2, 0) is 16.0 Å². The molecule has 0 saturated carbocycles. The Kier molecular flexibility index (Phi) is 7.92. The first-order valence-electron chi connectivity index (χ1n) is 9.76. The Morgan fingerprint density at radius 1 is 0.969 bits per heavy atom. The van der Waals surface area contributed by atoms with Gasteiger partial charge in [0.15, 0.2) is 0 Å². The highest BCUT2D eigenvalue weighted by molar-refractivity contribution is 8.00. The molecule has 6 nitrogen and oxygen atoms in total. The maximum atomic E-state index is 12.6. The molecule has 3 rings (SSSR count).